The number of esters is 2. The van der Waals surface area contributed by atoms with Crippen LogP contribution in [0.15, 0.2) is 12.3 Å². The van der Waals surface area contributed by atoms with Crippen LogP contribution >= 0.6 is 0 Å². The highest BCUT2D eigenvalue weighted by molar-refractivity contribution is 6.03. The van der Waals surface area contributed by atoms with Gasteiger partial charge in [0, 0.05) is 25.4 Å². The topological polar surface area (TPSA) is 84.9 Å². The predicted molar refractivity (Wildman–Crippen MR) is 70.5 cm³/mol. The second-order valence-corrected chi connectivity index (χ2v) is 4.40. The lowest BCUT2D eigenvalue weighted by molar-refractivity contribution is -0.156. The third-order valence-corrected chi connectivity index (χ3v) is 2.99. The van der Waals surface area contributed by atoms with Crippen LogP contribution in [0.5, 0.6) is 0 Å². The lowest BCUT2D eigenvalue weighted by Crippen LogP contribution is -2.47. The van der Waals surface area contributed by atoms with Gasteiger partial charge in [0.1, 0.15) is 0 Å². The number of nitrogens with zero attached hydrogens (tertiary/aromatic N) is 1. The highest BCUT2D eigenvalue weighted by atomic mass is 16.5. The Bertz CT molecular complexity index is 372. The number of rotatable bonds is 5. The molecule has 1 rings (SSSR count). The SMILES string of the molecule is COC(=O)C(NC(=O)/C=C/N1CCCCC1)C(=O)OC. The molecule has 7 heteroatoms. The quantitative estimate of drug-likeness (QED) is 0.428. The minimum atomic E-state index is -1.44. The molecule has 1 aliphatic heterocycles. The summed E-state index contributed by atoms with van der Waals surface area (Å²) in [4.78, 5) is 36.5. The monoisotopic (exact) mass is 284 g/mol. The van der Waals surface area contributed by atoms with Gasteiger partial charge in [-0.3, -0.25) is 4.79 Å². The molecule has 0 spiro atoms. The van der Waals surface area contributed by atoms with Crippen LogP contribution in [0.1, 0.15) is 19.3 Å². The van der Waals surface area contributed by atoms with Crippen LogP contribution < -0.4 is 5.32 Å². The van der Waals surface area contributed by atoms with Crippen molar-refractivity contribution in [2.24, 2.45) is 0 Å². The molecular weight excluding hydrogens is 264 g/mol. The summed E-state index contributed by atoms with van der Waals surface area (Å²) in [6.07, 6.45) is 6.35. The van der Waals surface area contributed by atoms with Crippen molar-refractivity contribution in [1.29, 1.82) is 0 Å². The molecule has 1 saturated heterocycles. The van der Waals surface area contributed by atoms with Gasteiger partial charge in [-0.15, -0.1) is 0 Å². The number of methoxy groups -OCH3 is 2. The number of amides is 1. The van der Waals surface area contributed by atoms with Crippen LogP contribution in [-0.4, -0.2) is 56.1 Å². The third-order valence-electron chi connectivity index (χ3n) is 2.99. The van der Waals surface area contributed by atoms with Crippen LogP contribution in [-0.2, 0) is 23.9 Å². The molecule has 7 nitrogen and oxygen atoms in total. The number of hydrogen-bond acceptors (Lipinski definition) is 6. The first kappa shape index (κ1) is 16.0. The van der Waals surface area contributed by atoms with E-state index in [4.69, 9.17) is 0 Å². The first-order chi connectivity index (χ1) is 9.58. The van der Waals surface area contributed by atoms with E-state index < -0.39 is 23.9 Å². The molecule has 1 aliphatic rings. The Morgan fingerprint density at radius 1 is 1.05 bits per heavy atom. The number of nitrogens with one attached hydrogen (secondary N) is 1. The normalized spacial score (nSPS) is 15.2. The molecule has 0 radical (unpaired) electrons. The van der Waals surface area contributed by atoms with Gasteiger partial charge in [0.2, 0.25) is 11.9 Å². The van der Waals surface area contributed by atoms with E-state index in [1.165, 1.54) is 12.5 Å². The van der Waals surface area contributed by atoms with Gasteiger partial charge in [0.25, 0.3) is 0 Å². The summed E-state index contributed by atoms with van der Waals surface area (Å²) in [5.74, 6) is -2.27. The van der Waals surface area contributed by atoms with Crippen molar-refractivity contribution in [3.63, 3.8) is 0 Å². The fourth-order valence-electron chi connectivity index (χ4n) is 1.88. The van der Waals surface area contributed by atoms with Crippen molar-refractivity contribution in [1.82, 2.24) is 10.2 Å². The lowest BCUT2D eigenvalue weighted by atomic mass is 10.1. The molecule has 1 fully saturated rings. The fourth-order valence-corrected chi connectivity index (χ4v) is 1.88. The number of likely N-dealkylation sites (tertiary alicyclic amines) is 1. The van der Waals surface area contributed by atoms with Gasteiger partial charge in [0.05, 0.1) is 14.2 Å². The van der Waals surface area contributed by atoms with Crippen molar-refractivity contribution >= 4 is 17.8 Å². The first-order valence-electron chi connectivity index (χ1n) is 6.47. The summed E-state index contributed by atoms with van der Waals surface area (Å²) in [6.45, 7) is 1.81. The van der Waals surface area contributed by atoms with Crippen molar-refractivity contribution < 1.29 is 23.9 Å². The van der Waals surface area contributed by atoms with Crippen molar-refractivity contribution in [2.45, 2.75) is 25.3 Å². The van der Waals surface area contributed by atoms with Gasteiger partial charge in [-0.1, -0.05) is 0 Å². The van der Waals surface area contributed by atoms with E-state index >= 15 is 0 Å². The minimum absolute atomic E-state index is 0.545. The summed E-state index contributed by atoms with van der Waals surface area (Å²) in [6, 6.07) is -1.44. The Labute approximate surface area is 117 Å². The number of carbonyl (C=O) groups is 3. The average Bonchev–Trinajstić information content (AvgIpc) is 2.50. The second-order valence-electron chi connectivity index (χ2n) is 4.40. The molecule has 0 atom stereocenters. The molecule has 112 valence electrons. The molecule has 1 heterocycles. The maximum Gasteiger partial charge on any atom is 0.340 e. The van der Waals surface area contributed by atoms with Gasteiger partial charge < -0.3 is 19.7 Å². The van der Waals surface area contributed by atoms with Crippen molar-refractivity contribution in [2.75, 3.05) is 27.3 Å². The third kappa shape index (κ3) is 4.91. The number of carbonyl (C=O) groups excluding carboxylic acids is 3. The van der Waals surface area contributed by atoms with Gasteiger partial charge in [-0.05, 0) is 19.3 Å². The molecule has 0 saturated carbocycles. The minimum Gasteiger partial charge on any atom is -0.467 e. The zero-order valence-electron chi connectivity index (χ0n) is 11.8. The van der Waals surface area contributed by atoms with Crippen LogP contribution in [0.4, 0.5) is 0 Å². The van der Waals surface area contributed by atoms with Crippen LogP contribution in [0.2, 0.25) is 0 Å². The summed E-state index contributed by atoms with van der Waals surface area (Å²) < 4.78 is 8.88. The lowest BCUT2D eigenvalue weighted by Gasteiger charge is -2.24. The van der Waals surface area contributed by atoms with E-state index in [-0.39, 0.29) is 0 Å². The summed E-state index contributed by atoms with van der Waals surface area (Å²) >= 11 is 0. The highest BCUT2D eigenvalue weighted by Crippen LogP contribution is 2.08. The summed E-state index contributed by atoms with van der Waals surface area (Å²) in [5.41, 5.74) is 0. The van der Waals surface area contributed by atoms with E-state index in [0.717, 1.165) is 40.2 Å². The van der Waals surface area contributed by atoms with Crippen LogP contribution in [0.3, 0.4) is 0 Å². The molecule has 1 amide bonds. The largest absolute Gasteiger partial charge is 0.467 e. The molecule has 0 aromatic heterocycles. The first-order valence-corrected chi connectivity index (χ1v) is 6.47. The van der Waals surface area contributed by atoms with E-state index in [9.17, 15) is 14.4 Å². The Hall–Kier alpha value is -2.05. The Balaban J connectivity index is 2.54. The summed E-state index contributed by atoms with van der Waals surface area (Å²) in [7, 11) is 2.27. The molecule has 0 bridgehead atoms. The highest BCUT2D eigenvalue weighted by Gasteiger charge is 2.29. The zero-order valence-corrected chi connectivity index (χ0v) is 11.8. The van der Waals surface area contributed by atoms with Gasteiger partial charge in [-0.2, -0.15) is 0 Å². The van der Waals surface area contributed by atoms with E-state index in [1.807, 2.05) is 4.90 Å². The summed E-state index contributed by atoms with van der Waals surface area (Å²) in [5, 5.41) is 2.26. The van der Waals surface area contributed by atoms with Gasteiger partial charge in [0.15, 0.2) is 0 Å². The standard InChI is InChI=1S/C13H20N2O5/c1-19-12(17)11(13(18)20-2)14-10(16)6-9-15-7-4-3-5-8-15/h6,9,11H,3-5,7-8H2,1-2H3,(H,14,16)/b9-6+. The second kappa shape index (κ2) is 8.19. The van der Waals surface area contributed by atoms with E-state index in [0.29, 0.717) is 0 Å². The molecule has 0 aromatic rings. The molecule has 1 N–H and O–H groups in total. The van der Waals surface area contributed by atoms with Crippen LogP contribution in [0.25, 0.3) is 0 Å². The fraction of sp³-hybridized carbons (Fsp3) is 0.615. The van der Waals surface area contributed by atoms with Crippen molar-refractivity contribution in [3.05, 3.63) is 12.3 Å². The van der Waals surface area contributed by atoms with E-state index in [1.54, 1.807) is 6.20 Å². The van der Waals surface area contributed by atoms with E-state index in [2.05, 4.69) is 14.8 Å². The molecule has 0 aromatic carbocycles. The molecule has 20 heavy (non-hydrogen) atoms. The molecule has 0 aliphatic carbocycles. The predicted octanol–water partition coefficient (Wildman–Crippen LogP) is -0.183. The Morgan fingerprint density at radius 2 is 1.60 bits per heavy atom. The van der Waals surface area contributed by atoms with Crippen LogP contribution in [0, 0.1) is 0 Å². The number of hydrogen-bond donors (Lipinski definition) is 1. The maximum absolute atomic E-state index is 11.7. The Morgan fingerprint density at radius 3 is 2.10 bits per heavy atom. The van der Waals surface area contributed by atoms with Gasteiger partial charge in [-0.25, -0.2) is 9.59 Å². The number of ether oxygens (including phenoxy) is 2. The maximum atomic E-state index is 11.7. The molecular formula is C13H20N2O5. The van der Waals surface area contributed by atoms with Crippen molar-refractivity contribution in [3.8, 4) is 0 Å². The average molecular weight is 284 g/mol. The zero-order chi connectivity index (χ0) is 15.0. The molecule has 0 unspecified atom stereocenters. The smallest absolute Gasteiger partial charge is 0.340 e. The Kier molecular flexibility index (Phi) is 6.55. The van der Waals surface area contributed by atoms with Gasteiger partial charge >= 0.3 is 11.9 Å². The number of piperidine rings is 1.